The Labute approximate surface area is 229 Å². The maximum Gasteiger partial charge on any atom is 0.131 e. The molecule has 1 aromatic heterocycles. The molecule has 0 spiro atoms. The van der Waals surface area contributed by atoms with Gasteiger partial charge < -0.3 is 23.5 Å². The predicted molar refractivity (Wildman–Crippen MR) is 151 cm³/mol. The summed E-state index contributed by atoms with van der Waals surface area (Å²) in [5.41, 5.74) is 7.93. The van der Waals surface area contributed by atoms with Gasteiger partial charge in [-0.15, -0.1) is 0 Å². The zero-order chi connectivity index (χ0) is 26.4. The van der Waals surface area contributed by atoms with E-state index in [1.54, 1.807) is 0 Å². The molecule has 3 heterocycles. The van der Waals surface area contributed by atoms with Gasteiger partial charge in [0.25, 0.3) is 0 Å². The Kier molecular flexibility index (Phi) is 7.75. The fourth-order valence-corrected chi connectivity index (χ4v) is 5.24. The fourth-order valence-electron chi connectivity index (χ4n) is 5.24. The second kappa shape index (κ2) is 11.9. The van der Waals surface area contributed by atoms with E-state index in [4.69, 9.17) is 23.9 Å². The smallest absolute Gasteiger partial charge is 0.131 e. The minimum atomic E-state index is -0.0230. The van der Waals surface area contributed by atoms with Gasteiger partial charge in [0.1, 0.15) is 36.3 Å². The molecular formula is C33H34N2O4. The molecule has 0 amide bonds. The lowest BCUT2D eigenvalue weighted by Crippen LogP contribution is -2.33. The molecule has 6 heteroatoms. The molecule has 2 aliphatic heterocycles. The van der Waals surface area contributed by atoms with Crippen LogP contribution >= 0.6 is 0 Å². The van der Waals surface area contributed by atoms with Crippen molar-refractivity contribution in [1.82, 2.24) is 4.57 Å². The molecule has 0 aliphatic carbocycles. The van der Waals surface area contributed by atoms with Crippen molar-refractivity contribution < 1.29 is 18.9 Å². The quantitative estimate of drug-likeness (QED) is 0.307. The van der Waals surface area contributed by atoms with E-state index in [2.05, 4.69) is 60.0 Å². The lowest BCUT2D eigenvalue weighted by molar-refractivity contribution is -0.0835. The third-order valence-corrected chi connectivity index (χ3v) is 7.30. The Morgan fingerprint density at radius 3 is 2.33 bits per heavy atom. The van der Waals surface area contributed by atoms with E-state index in [1.165, 1.54) is 11.1 Å². The molecule has 0 N–H and O–H groups in total. The normalized spacial score (nSPS) is 16.8. The minimum absolute atomic E-state index is 0.0230. The first-order valence-corrected chi connectivity index (χ1v) is 13.7. The van der Waals surface area contributed by atoms with Gasteiger partial charge in [0.2, 0.25) is 0 Å². The second-order valence-corrected chi connectivity index (χ2v) is 10.0. The van der Waals surface area contributed by atoms with Gasteiger partial charge in [-0.25, -0.2) is 0 Å². The lowest BCUT2D eigenvalue weighted by atomic mass is 9.94. The Morgan fingerprint density at radius 1 is 0.872 bits per heavy atom. The Bertz CT molecular complexity index is 1480. The highest BCUT2D eigenvalue weighted by Gasteiger charge is 2.22. The predicted octanol–water partition coefficient (Wildman–Crippen LogP) is 5.49. The zero-order valence-corrected chi connectivity index (χ0v) is 22.3. The summed E-state index contributed by atoms with van der Waals surface area (Å²) in [6.07, 6.45) is 0.885. The summed E-state index contributed by atoms with van der Waals surface area (Å²) in [7, 11) is 0. The van der Waals surface area contributed by atoms with Gasteiger partial charge >= 0.3 is 0 Å². The number of benzene rings is 3. The summed E-state index contributed by atoms with van der Waals surface area (Å²) in [4.78, 5) is 5.01. The van der Waals surface area contributed by atoms with Gasteiger partial charge in [-0.2, -0.15) is 0 Å². The van der Waals surface area contributed by atoms with Crippen LogP contribution in [0.5, 0.6) is 11.5 Å². The second-order valence-electron chi connectivity index (χ2n) is 10.0. The molecule has 0 unspecified atom stereocenters. The Hall–Kier alpha value is -3.87. The molecule has 6 nitrogen and oxygen atoms in total. The SMILES string of the molecule is Cc1c(OCc2ccccc2)c/c(=N\C[C@@H]2COCCO2)n2c1-c1ccc(OCc3ccccc3)cc1CC2. The number of hydrogen-bond acceptors (Lipinski definition) is 5. The van der Waals surface area contributed by atoms with Crippen LogP contribution in [0.15, 0.2) is 89.9 Å². The maximum absolute atomic E-state index is 6.39. The largest absolute Gasteiger partial charge is 0.489 e. The van der Waals surface area contributed by atoms with E-state index in [-0.39, 0.29) is 6.10 Å². The molecule has 0 bridgehead atoms. The number of pyridine rings is 1. The van der Waals surface area contributed by atoms with Crippen LogP contribution in [0.4, 0.5) is 0 Å². The molecule has 0 saturated carbocycles. The molecule has 1 saturated heterocycles. The minimum Gasteiger partial charge on any atom is -0.489 e. The van der Waals surface area contributed by atoms with Crippen molar-refractivity contribution in [2.75, 3.05) is 26.4 Å². The van der Waals surface area contributed by atoms with Crippen molar-refractivity contribution in [3.8, 4) is 22.8 Å². The van der Waals surface area contributed by atoms with Crippen molar-refractivity contribution in [2.45, 2.75) is 39.2 Å². The highest BCUT2D eigenvalue weighted by atomic mass is 16.6. The van der Waals surface area contributed by atoms with E-state index in [0.29, 0.717) is 39.6 Å². The van der Waals surface area contributed by atoms with Crippen molar-refractivity contribution in [2.24, 2.45) is 4.99 Å². The van der Waals surface area contributed by atoms with Crippen LogP contribution in [0.1, 0.15) is 22.3 Å². The van der Waals surface area contributed by atoms with Crippen molar-refractivity contribution >= 4 is 0 Å². The van der Waals surface area contributed by atoms with Gasteiger partial charge in [-0.05, 0) is 48.2 Å². The molecule has 200 valence electrons. The van der Waals surface area contributed by atoms with E-state index >= 15 is 0 Å². The first-order valence-electron chi connectivity index (χ1n) is 13.7. The van der Waals surface area contributed by atoms with Crippen molar-refractivity contribution in [3.05, 3.63) is 113 Å². The average molecular weight is 523 g/mol. The Morgan fingerprint density at radius 2 is 1.62 bits per heavy atom. The molecule has 2 aliphatic rings. The number of aromatic nitrogens is 1. The van der Waals surface area contributed by atoms with Crippen LogP contribution in [0.3, 0.4) is 0 Å². The molecule has 39 heavy (non-hydrogen) atoms. The number of hydrogen-bond donors (Lipinski definition) is 0. The lowest BCUT2D eigenvalue weighted by Gasteiger charge is -2.27. The maximum atomic E-state index is 6.39. The van der Waals surface area contributed by atoms with Crippen LogP contribution in [0, 0.1) is 6.92 Å². The van der Waals surface area contributed by atoms with Gasteiger partial charge in [-0.1, -0.05) is 60.7 Å². The summed E-state index contributed by atoms with van der Waals surface area (Å²) in [6, 6.07) is 29.0. The number of aryl methyl sites for hydroxylation is 1. The Balaban J connectivity index is 1.33. The van der Waals surface area contributed by atoms with E-state index < -0.39 is 0 Å². The summed E-state index contributed by atoms with van der Waals surface area (Å²) in [5.74, 6) is 1.74. The van der Waals surface area contributed by atoms with Crippen LogP contribution < -0.4 is 15.0 Å². The number of nitrogens with zero attached hydrogens (tertiary/aromatic N) is 2. The summed E-state index contributed by atoms with van der Waals surface area (Å²) < 4.78 is 26.3. The molecule has 1 fully saturated rings. The summed E-state index contributed by atoms with van der Waals surface area (Å²) in [6.45, 7) is 6.44. The van der Waals surface area contributed by atoms with Crippen LogP contribution in [0.25, 0.3) is 11.3 Å². The van der Waals surface area contributed by atoms with Crippen molar-refractivity contribution in [1.29, 1.82) is 0 Å². The standard InChI is InChI=1S/C33H34N2O4/c1-24-31(39-22-26-10-6-3-7-11-26)19-32(34-20-29-23-36-16-17-37-29)35-15-14-27-18-28(12-13-30(27)33(24)35)38-21-25-8-4-2-5-9-25/h2-13,18-19,29H,14-17,20-23H2,1H3/b34-32+/t29-/m1/s1. The van der Waals surface area contributed by atoms with Gasteiger partial charge in [-0.3, -0.25) is 4.99 Å². The van der Waals surface area contributed by atoms with Gasteiger partial charge in [0.15, 0.2) is 0 Å². The third-order valence-electron chi connectivity index (χ3n) is 7.30. The van der Waals surface area contributed by atoms with Crippen LogP contribution in [-0.4, -0.2) is 37.0 Å². The molecular weight excluding hydrogens is 488 g/mol. The van der Waals surface area contributed by atoms with E-state index in [1.807, 2.05) is 36.4 Å². The molecule has 1 atom stereocenters. The molecule has 4 aromatic rings. The monoisotopic (exact) mass is 522 g/mol. The first kappa shape index (κ1) is 25.4. The summed E-state index contributed by atoms with van der Waals surface area (Å²) in [5, 5.41) is 0. The van der Waals surface area contributed by atoms with Gasteiger partial charge in [0, 0.05) is 23.7 Å². The first-order chi connectivity index (χ1) is 19.2. The van der Waals surface area contributed by atoms with E-state index in [9.17, 15) is 0 Å². The van der Waals surface area contributed by atoms with E-state index in [0.717, 1.165) is 52.3 Å². The third kappa shape index (κ3) is 5.92. The zero-order valence-electron chi connectivity index (χ0n) is 22.3. The van der Waals surface area contributed by atoms with Crippen LogP contribution in [-0.2, 0) is 35.7 Å². The molecule has 6 rings (SSSR count). The van der Waals surface area contributed by atoms with Crippen LogP contribution in [0.2, 0.25) is 0 Å². The van der Waals surface area contributed by atoms with Gasteiger partial charge in [0.05, 0.1) is 32.1 Å². The molecule has 0 radical (unpaired) electrons. The highest BCUT2D eigenvalue weighted by molar-refractivity contribution is 5.71. The topological polar surface area (TPSA) is 54.2 Å². The number of rotatable bonds is 8. The fraction of sp³-hybridized carbons (Fsp3) is 0.303. The number of ether oxygens (including phenoxy) is 4. The highest BCUT2D eigenvalue weighted by Crippen LogP contribution is 2.36. The summed E-state index contributed by atoms with van der Waals surface area (Å²) >= 11 is 0. The molecule has 3 aromatic carbocycles. The average Bonchev–Trinajstić information content (AvgIpc) is 3.00. The number of fused-ring (bicyclic) bond motifs is 3. The van der Waals surface area contributed by atoms with Crippen molar-refractivity contribution in [3.63, 3.8) is 0 Å².